The minimum absolute atomic E-state index is 0.254. The van der Waals surface area contributed by atoms with Crippen LogP contribution in [0.4, 0.5) is 5.69 Å². The summed E-state index contributed by atoms with van der Waals surface area (Å²) in [5, 5.41) is 23.1. The number of aryl methyl sites for hydroxylation is 2. The first-order valence-electron chi connectivity index (χ1n) is 8.02. The molecule has 2 heterocycles. The average Bonchev–Trinajstić information content (AvgIpc) is 3.26. The number of aromatic amines is 1. The predicted octanol–water partition coefficient (Wildman–Crippen LogP) is 4.26. The molecule has 0 aliphatic carbocycles. The third-order valence-electron chi connectivity index (χ3n) is 4.19. The van der Waals surface area contributed by atoms with Gasteiger partial charge in [-0.15, -0.1) is 11.3 Å². The van der Waals surface area contributed by atoms with Gasteiger partial charge >= 0.3 is 0 Å². The Bertz CT molecular complexity index is 1130. The fraction of sp³-hybridized carbons (Fsp3) is 0.105. The zero-order chi connectivity index (χ0) is 18.3. The smallest absolute Gasteiger partial charge is 0.275 e. The number of thiazole rings is 1. The Morgan fingerprint density at radius 3 is 2.77 bits per heavy atom. The zero-order valence-corrected chi connectivity index (χ0v) is 15.0. The summed E-state index contributed by atoms with van der Waals surface area (Å²) in [6.45, 7) is 3.71. The lowest BCUT2D eigenvalue weighted by Crippen LogP contribution is -2.12. The number of phenols is 1. The normalized spacial score (nSPS) is 11.0. The van der Waals surface area contributed by atoms with Gasteiger partial charge in [0.05, 0.1) is 22.4 Å². The van der Waals surface area contributed by atoms with Gasteiger partial charge in [0.25, 0.3) is 5.91 Å². The van der Waals surface area contributed by atoms with Crippen LogP contribution >= 0.6 is 11.3 Å². The SMILES string of the molecule is Cc1nc(C(=O)Nc2cc(-c3ccc(O)c(C)c3)cc3[nH]ncc23)cs1. The van der Waals surface area contributed by atoms with Crippen molar-refractivity contribution in [3.8, 4) is 16.9 Å². The third kappa shape index (κ3) is 2.93. The van der Waals surface area contributed by atoms with Crippen LogP contribution in [0, 0.1) is 13.8 Å². The molecule has 4 rings (SSSR count). The zero-order valence-electron chi connectivity index (χ0n) is 14.2. The summed E-state index contributed by atoms with van der Waals surface area (Å²) in [5.41, 5.74) is 4.52. The van der Waals surface area contributed by atoms with Gasteiger partial charge < -0.3 is 10.4 Å². The van der Waals surface area contributed by atoms with Crippen LogP contribution in [0.1, 0.15) is 21.1 Å². The second-order valence-electron chi connectivity index (χ2n) is 6.06. The molecule has 0 atom stereocenters. The molecule has 0 aliphatic heterocycles. The molecular weight excluding hydrogens is 348 g/mol. The number of carbonyl (C=O) groups excluding carboxylic acids is 1. The van der Waals surface area contributed by atoms with Crippen LogP contribution in [0.15, 0.2) is 41.9 Å². The van der Waals surface area contributed by atoms with E-state index in [1.807, 2.05) is 38.1 Å². The van der Waals surface area contributed by atoms with Crippen LogP contribution in [0.2, 0.25) is 0 Å². The van der Waals surface area contributed by atoms with Crippen LogP contribution in [-0.2, 0) is 0 Å². The molecule has 7 heteroatoms. The van der Waals surface area contributed by atoms with Crippen LogP contribution in [0.5, 0.6) is 5.75 Å². The fourth-order valence-electron chi connectivity index (χ4n) is 2.81. The largest absolute Gasteiger partial charge is 0.508 e. The molecule has 4 aromatic rings. The van der Waals surface area contributed by atoms with Crippen molar-refractivity contribution in [3.63, 3.8) is 0 Å². The van der Waals surface area contributed by atoms with Gasteiger partial charge in [-0.3, -0.25) is 9.89 Å². The van der Waals surface area contributed by atoms with Gasteiger partial charge in [-0.1, -0.05) is 6.07 Å². The van der Waals surface area contributed by atoms with E-state index < -0.39 is 0 Å². The van der Waals surface area contributed by atoms with Crippen molar-refractivity contribution in [1.82, 2.24) is 15.2 Å². The Morgan fingerprint density at radius 2 is 2.04 bits per heavy atom. The summed E-state index contributed by atoms with van der Waals surface area (Å²) in [7, 11) is 0. The first-order chi connectivity index (χ1) is 12.5. The molecular formula is C19H16N4O2S. The molecule has 0 aliphatic rings. The summed E-state index contributed by atoms with van der Waals surface area (Å²) in [5.74, 6) is -0.000293. The lowest BCUT2D eigenvalue weighted by Gasteiger charge is -2.10. The number of amides is 1. The Morgan fingerprint density at radius 1 is 1.19 bits per heavy atom. The van der Waals surface area contributed by atoms with Crippen molar-refractivity contribution in [1.29, 1.82) is 0 Å². The van der Waals surface area contributed by atoms with Crippen LogP contribution in [-0.4, -0.2) is 26.2 Å². The monoisotopic (exact) mass is 364 g/mol. The molecule has 0 radical (unpaired) electrons. The van der Waals surface area contributed by atoms with E-state index >= 15 is 0 Å². The van der Waals surface area contributed by atoms with Gasteiger partial charge in [0.1, 0.15) is 11.4 Å². The minimum atomic E-state index is -0.254. The Hall–Kier alpha value is -3.19. The van der Waals surface area contributed by atoms with Gasteiger partial charge in [-0.05, 0) is 54.8 Å². The van der Waals surface area contributed by atoms with E-state index in [0.717, 1.165) is 32.6 Å². The summed E-state index contributed by atoms with van der Waals surface area (Å²) in [6.07, 6.45) is 1.68. The lowest BCUT2D eigenvalue weighted by atomic mass is 10.0. The minimum Gasteiger partial charge on any atom is -0.508 e. The van der Waals surface area contributed by atoms with Gasteiger partial charge in [0, 0.05) is 10.8 Å². The summed E-state index contributed by atoms with van der Waals surface area (Å²) >= 11 is 1.44. The highest BCUT2D eigenvalue weighted by Crippen LogP contribution is 2.32. The number of phenolic OH excluding ortho intramolecular Hbond substituents is 1. The molecule has 2 aromatic carbocycles. The quantitative estimate of drug-likeness (QED) is 0.506. The summed E-state index contributed by atoms with van der Waals surface area (Å²) < 4.78 is 0. The molecule has 26 heavy (non-hydrogen) atoms. The number of nitrogens with zero attached hydrogens (tertiary/aromatic N) is 2. The number of hydrogen-bond acceptors (Lipinski definition) is 5. The second-order valence-corrected chi connectivity index (χ2v) is 7.12. The number of rotatable bonds is 3. The van der Waals surface area contributed by atoms with E-state index in [2.05, 4.69) is 20.5 Å². The molecule has 3 N–H and O–H groups in total. The number of H-pyrrole nitrogens is 1. The number of hydrogen-bond donors (Lipinski definition) is 3. The van der Waals surface area contributed by atoms with Gasteiger partial charge in [-0.2, -0.15) is 5.10 Å². The third-order valence-corrected chi connectivity index (χ3v) is 4.96. The van der Waals surface area contributed by atoms with Crippen molar-refractivity contribution in [2.45, 2.75) is 13.8 Å². The van der Waals surface area contributed by atoms with Crippen LogP contribution < -0.4 is 5.32 Å². The second kappa shape index (κ2) is 6.27. The first-order valence-corrected chi connectivity index (χ1v) is 8.90. The molecule has 0 unspecified atom stereocenters. The number of aromatic hydroxyl groups is 1. The molecule has 130 valence electrons. The summed E-state index contributed by atoms with van der Waals surface area (Å²) in [4.78, 5) is 16.7. The molecule has 0 bridgehead atoms. The van der Waals surface area contributed by atoms with Crippen molar-refractivity contribution >= 4 is 33.8 Å². The number of fused-ring (bicyclic) bond motifs is 1. The van der Waals surface area contributed by atoms with E-state index in [1.54, 1.807) is 17.6 Å². The van der Waals surface area contributed by atoms with E-state index in [4.69, 9.17) is 0 Å². The number of anilines is 1. The number of benzene rings is 2. The topological polar surface area (TPSA) is 90.9 Å². The Kier molecular flexibility index (Phi) is 3.93. The predicted molar refractivity (Wildman–Crippen MR) is 103 cm³/mol. The average molecular weight is 364 g/mol. The van der Waals surface area contributed by atoms with Gasteiger partial charge in [0.15, 0.2) is 0 Å². The Balaban J connectivity index is 1.77. The molecule has 0 saturated heterocycles. The first kappa shape index (κ1) is 16.3. The number of carbonyl (C=O) groups is 1. The lowest BCUT2D eigenvalue weighted by molar-refractivity contribution is 0.102. The number of aromatic nitrogens is 3. The molecule has 6 nitrogen and oxygen atoms in total. The highest BCUT2D eigenvalue weighted by Gasteiger charge is 2.14. The number of nitrogens with one attached hydrogen (secondary N) is 2. The van der Waals surface area contributed by atoms with Crippen molar-refractivity contribution in [2.75, 3.05) is 5.32 Å². The standard InChI is InChI=1S/C19H16N4O2S/c1-10-5-12(3-4-18(10)24)13-6-15(14-8-20-23-16(14)7-13)22-19(25)17-9-26-11(2)21-17/h3-9,24H,1-2H3,(H,20,23)(H,22,25). The maximum atomic E-state index is 12.5. The van der Waals surface area contributed by atoms with Gasteiger partial charge in [0.2, 0.25) is 0 Å². The Labute approximate surface area is 153 Å². The molecule has 0 spiro atoms. The molecule has 0 saturated carbocycles. The van der Waals surface area contributed by atoms with Crippen molar-refractivity contribution in [3.05, 3.63) is 58.2 Å². The van der Waals surface area contributed by atoms with Crippen molar-refractivity contribution < 1.29 is 9.90 Å². The fourth-order valence-corrected chi connectivity index (χ4v) is 3.40. The maximum absolute atomic E-state index is 12.5. The highest BCUT2D eigenvalue weighted by molar-refractivity contribution is 7.09. The molecule has 2 aromatic heterocycles. The molecule has 0 fully saturated rings. The van der Waals surface area contributed by atoms with E-state index in [0.29, 0.717) is 11.4 Å². The van der Waals surface area contributed by atoms with E-state index in [-0.39, 0.29) is 11.7 Å². The highest BCUT2D eigenvalue weighted by atomic mass is 32.1. The van der Waals surface area contributed by atoms with Crippen molar-refractivity contribution in [2.24, 2.45) is 0 Å². The van der Waals surface area contributed by atoms with Crippen LogP contribution in [0.25, 0.3) is 22.0 Å². The maximum Gasteiger partial charge on any atom is 0.275 e. The van der Waals surface area contributed by atoms with E-state index in [9.17, 15) is 9.90 Å². The summed E-state index contributed by atoms with van der Waals surface area (Å²) in [6, 6.07) is 9.28. The van der Waals surface area contributed by atoms with Crippen LogP contribution in [0.3, 0.4) is 0 Å². The molecule has 1 amide bonds. The van der Waals surface area contributed by atoms with E-state index in [1.165, 1.54) is 11.3 Å². The van der Waals surface area contributed by atoms with Gasteiger partial charge in [-0.25, -0.2) is 4.98 Å².